The van der Waals surface area contributed by atoms with Crippen LogP contribution in [0.3, 0.4) is 0 Å². The smallest absolute Gasteiger partial charge is 0.114 e. The van der Waals surface area contributed by atoms with Crippen LogP contribution in [0.25, 0.3) is 0 Å². The van der Waals surface area contributed by atoms with Gasteiger partial charge in [0.15, 0.2) is 0 Å². The van der Waals surface area contributed by atoms with Crippen molar-refractivity contribution in [2.45, 2.75) is 32.5 Å². The molecule has 0 bridgehead atoms. The van der Waals surface area contributed by atoms with Crippen LogP contribution in [0, 0.1) is 0 Å². The molecule has 0 amide bonds. The van der Waals surface area contributed by atoms with E-state index in [1.807, 2.05) is 51.1 Å². The molecule has 2 heteroatoms. The Bertz CT molecular complexity index is 269. The predicted octanol–water partition coefficient (Wildman–Crippen LogP) is 2.32. The summed E-state index contributed by atoms with van der Waals surface area (Å²) in [7, 11) is 0. The molecule has 0 aliphatic heterocycles. The van der Waals surface area contributed by atoms with Gasteiger partial charge in [0, 0.05) is 0 Å². The van der Waals surface area contributed by atoms with E-state index in [4.69, 9.17) is 4.74 Å². The number of hydrogen-bond donors (Lipinski definition) is 1. The molecular formula is C12H18O2. The van der Waals surface area contributed by atoms with Crippen molar-refractivity contribution in [3.8, 4) is 0 Å². The van der Waals surface area contributed by atoms with E-state index in [1.165, 1.54) is 0 Å². The Morgan fingerprint density at radius 2 is 1.86 bits per heavy atom. The normalized spacial score (nSPS) is 15.5. The van der Waals surface area contributed by atoms with Crippen LogP contribution < -0.4 is 0 Å². The summed E-state index contributed by atoms with van der Waals surface area (Å²) in [4.78, 5) is 0. The average Bonchev–Trinajstić information content (AvgIpc) is 2.18. The maximum absolute atomic E-state index is 9.36. The fourth-order valence-electron chi connectivity index (χ4n) is 1.51. The maximum Gasteiger partial charge on any atom is 0.114 e. The quantitative estimate of drug-likeness (QED) is 0.797. The second kappa shape index (κ2) is 4.58. The van der Waals surface area contributed by atoms with Gasteiger partial charge in [0.25, 0.3) is 0 Å². The molecule has 78 valence electrons. The van der Waals surface area contributed by atoms with Crippen molar-refractivity contribution in [2.24, 2.45) is 0 Å². The first-order valence-corrected chi connectivity index (χ1v) is 4.92. The molecule has 1 aromatic carbocycles. The molecule has 0 fully saturated rings. The lowest BCUT2D eigenvalue weighted by Gasteiger charge is -2.30. The van der Waals surface area contributed by atoms with Gasteiger partial charge in [-0.05, 0) is 26.3 Å². The van der Waals surface area contributed by atoms with Gasteiger partial charge in [0.2, 0.25) is 0 Å². The third-order valence-electron chi connectivity index (χ3n) is 2.18. The summed E-state index contributed by atoms with van der Waals surface area (Å²) in [6.45, 7) is 5.84. The number of benzene rings is 1. The lowest BCUT2D eigenvalue weighted by atomic mass is 9.96. The molecule has 0 heterocycles. The van der Waals surface area contributed by atoms with Crippen LogP contribution in [0.2, 0.25) is 0 Å². The van der Waals surface area contributed by atoms with Gasteiger partial charge in [-0.1, -0.05) is 30.3 Å². The van der Waals surface area contributed by atoms with Crippen molar-refractivity contribution in [3.05, 3.63) is 35.9 Å². The standard InChI is InChI=1S/C12H18O2/c1-10(2)14-12(3,9-13)11-7-5-4-6-8-11/h4-8,10,13H,9H2,1-3H3. The van der Waals surface area contributed by atoms with Crippen molar-refractivity contribution in [3.63, 3.8) is 0 Å². The van der Waals surface area contributed by atoms with Crippen molar-refractivity contribution in [1.82, 2.24) is 0 Å². The molecule has 2 nitrogen and oxygen atoms in total. The van der Waals surface area contributed by atoms with Crippen molar-refractivity contribution in [2.75, 3.05) is 6.61 Å². The molecule has 0 aliphatic rings. The second-order valence-electron chi connectivity index (χ2n) is 3.92. The van der Waals surface area contributed by atoms with Gasteiger partial charge in [-0.25, -0.2) is 0 Å². The largest absolute Gasteiger partial charge is 0.393 e. The maximum atomic E-state index is 9.36. The van der Waals surface area contributed by atoms with Gasteiger partial charge in [0.05, 0.1) is 12.7 Å². The number of aliphatic hydroxyl groups excluding tert-OH is 1. The van der Waals surface area contributed by atoms with Crippen LogP contribution >= 0.6 is 0 Å². The summed E-state index contributed by atoms with van der Waals surface area (Å²) in [5, 5.41) is 9.36. The van der Waals surface area contributed by atoms with Crippen molar-refractivity contribution in [1.29, 1.82) is 0 Å². The SMILES string of the molecule is CC(C)OC(C)(CO)c1ccccc1. The van der Waals surface area contributed by atoms with E-state index in [1.54, 1.807) is 0 Å². The van der Waals surface area contributed by atoms with Gasteiger partial charge in [0.1, 0.15) is 5.60 Å². The molecular weight excluding hydrogens is 176 g/mol. The Morgan fingerprint density at radius 1 is 1.29 bits per heavy atom. The van der Waals surface area contributed by atoms with Gasteiger partial charge < -0.3 is 9.84 Å². The molecule has 1 aromatic rings. The zero-order chi connectivity index (χ0) is 10.6. The number of ether oxygens (including phenoxy) is 1. The first-order valence-electron chi connectivity index (χ1n) is 4.92. The molecule has 0 aliphatic carbocycles. The van der Waals surface area contributed by atoms with E-state index in [-0.39, 0.29) is 12.7 Å². The highest BCUT2D eigenvalue weighted by Crippen LogP contribution is 2.25. The highest BCUT2D eigenvalue weighted by Gasteiger charge is 2.27. The number of aliphatic hydroxyl groups is 1. The van der Waals surface area contributed by atoms with Gasteiger partial charge in [-0.15, -0.1) is 0 Å². The van der Waals surface area contributed by atoms with Crippen molar-refractivity contribution >= 4 is 0 Å². The van der Waals surface area contributed by atoms with Gasteiger partial charge >= 0.3 is 0 Å². The summed E-state index contributed by atoms with van der Waals surface area (Å²) in [6, 6.07) is 9.80. The Labute approximate surface area is 85.5 Å². The van der Waals surface area contributed by atoms with E-state index in [2.05, 4.69) is 0 Å². The van der Waals surface area contributed by atoms with Crippen LogP contribution in [0.15, 0.2) is 30.3 Å². The third-order valence-corrected chi connectivity index (χ3v) is 2.18. The Morgan fingerprint density at radius 3 is 2.29 bits per heavy atom. The molecule has 0 radical (unpaired) electrons. The molecule has 0 spiro atoms. The second-order valence-corrected chi connectivity index (χ2v) is 3.92. The Hall–Kier alpha value is -0.860. The summed E-state index contributed by atoms with van der Waals surface area (Å²) in [5.41, 5.74) is 0.423. The van der Waals surface area contributed by atoms with Gasteiger partial charge in [-0.2, -0.15) is 0 Å². The van der Waals surface area contributed by atoms with E-state index in [0.717, 1.165) is 5.56 Å². The average molecular weight is 194 g/mol. The predicted molar refractivity (Wildman–Crippen MR) is 57.1 cm³/mol. The molecule has 14 heavy (non-hydrogen) atoms. The first-order chi connectivity index (χ1) is 6.58. The Kier molecular flexibility index (Phi) is 3.67. The van der Waals surface area contributed by atoms with Crippen LogP contribution in [0.1, 0.15) is 26.3 Å². The summed E-state index contributed by atoms with van der Waals surface area (Å²) >= 11 is 0. The highest BCUT2D eigenvalue weighted by molar-refractivity contribution is 5.21. The van der Waals surface area contributed by atoms with Crippen LogP contribution in [0.4, 0.5) is 0 Å². The lowest BCUT2D eigenvalue weighted by Crippen LogP contribution is -2.32. The first kappa shape index (κ1) is 11.2. The van der Waals surface area contributed by atoms with E-state index < -0.39 is 5.60 Å². The summed E-state index contributed by atoms with van der Waals surface area (Å²) in [6.07, 6.45) is 0.104. The fraction of sp³-hybridized carbons (Fsp3) is 0.500. The fourth-order valence-corrected chi connectivity index (χ4v) is 1.51. The minimum atomic E-state index is -0.588. The van der Waals surface area contributed by atoms with E-state index >= 15 is 0 Å². The molecule has 1 atom stereocenters. The Balaban J connectivity index is 2.90. The number of rotatable bonds is 4. The minimum Gasteiger partial charge on any atom is -0.393 e. The van der Waals surface area contributed by atoms with Crippen LogP contribution in [0.5, 0.6) is 0 Å². The molecule has 1 N–H and O–H groups in total. The van der Waals surface area contributed by atoms with Crippen LogP contribution in [-0.4, -0.2) is 17.8 Å². The minimum absolute atomic E-state index is 0.00477. The number of hydrogen-bond acceptors (Lipinski definition) is 2. The molecule has 0 saturated carbocycles. The topological polar surface area (TPSA) is 29.5 Å². The van der Waals surface area contributed by atoms with E-state index in [0.29, 0.717) is 0 Å². The van der Waals surface area contributed by atoms with Crippen LogP contribution in [-0.2, 0) is 10.3 Å². The lowest BCUT2D eigenvalue weighted by molar-refractivity contribution is -0.102. The molecule has 1 rings (SSSR count). The third kappa shape index (κ3) is 2.56. The summed E-state index contributed by atoms with van der Waals surface area (Å²) in [5.74, 6) is 0. The zero-order valence-corrected chi connectivity index (χ0v) is 9.03. The summed E-state index contributed by atoms with van der Waals surface area (Å²) < 4.78 is 5.72. The zero-order valence-electron chi connectivity index (χ0n) is 9.03. The van der Waals surface area contributed by atoms with E-state index in [9.17, 15) is 5.11 Å². The van der Waals surface area contributed by atoms with Gasteiger partial charge in [-0.3, -0.25) is 0 Å². The monoisotopic (exact) mass is 194 g/mol. The molecule has 0 aromatic heterocycles. The molecule has 0 saturated heterocycles. The van der Waals surface area contributed by atoms with Crippen molar-refractivity contribution < 1.29 is 9.84 Å². The highest BCUT2D eigenvalue weighted by atomic mass is 16.5. The molecule has 1 unspecified atom stereocenters.